The number of benzene rings is 1. The molecule has 1 saturated carbocycles. The van der Waals surface area contributed by atoms with Gasteiger partial charge >= 0.3 is 0 Å². The van der Waals surface area contributed by atoms with Gasteiger partial charge in [0.2, 0.25) is 0 Å². The quantitative estimate of drug-likeness (QED) is 0.439. The monoisotopic (exact) mass is 421 g/mol. The van der Waals surface area contributed by atoms with Gasteiger partial charge in [-0.25, -0.2) is 9.37 Å². The number of rotatable bonds is 5. The molecule has 4 atom stereocenters. The van der Waals surface area contributed by atoms with Crippen molar-refractivity contribution >= 4 is 35.0 Å². The number of halogens is 1. The summed E-state index contributed by atoms with van der Waals surface area (Å²) in [4.78, 5) is 27.9. The van der Waals surface area contributed by atoms with Crippen LogP contribution >= 0.6 is 12.2 Å². The average molecular weight is 421 g/mol. The van der Waals surface area contributed by atoms with Crippen molar-refractivity contribution in [2.75, 3.05) is 11.9 Å². The highest BCUT2D eigenvalue weighted by molar-refractivity contribution is 7.80. The first-order valence-corrected chi connectivity index (χ1v) is 9.21. The van der Waals surface area contributed by atoms with Crippen LogP contribution in [0.15, 0.2) is 36.7 Å². The largest absolute Gasteiger partial charge is 0.396 e. The summed E-state index contributed by atoms with van der Waals surface area (Å²) in [6.07, 6.45) is -1.74. The van der Waals surface area contributed by atoms with Crippen LogP contribution in [0.3, 0.4) is 0 Å². The molecule has 1 aliphatic carbocycles. The van der Waals surface area contributed by atoms with Crippen LogP contribution in [0, 0.1) is 5.92 Å². The number of aliphatic hydroxyl groups is 2. The van der Waals surface area contributed by atoms with Crippen molar-refractivity contribution in [1.29, 1.82) is 0 Å². The molecule has 1 heterocycles. The summed E-state index contributed by atoms with van der Waals surface area (Å²) in [7, 11) is 0. The lowest BCUT2D eigenvalue weighted by molar-refractivity contribution is 0.0399. The van der Waals surface area contributed by atoms with Crippen LogP contribution in [0.4, 0.5) is 10.2 Å². The minimum absolute atomic E-state index is 0.00528. The fourth-order valence-electron chi connectivity index (χ4n) is 3.34. The first-order valence-electron chi connectivity index (χ1n) is 8.80. The minimum Gasteiger partial charge on any atom is -0.396 e. The molecule has 3 rings (SSSR count). The Morgan fingerprint density at radius 3 is 2.62 bits per heavy atom. The highest BCUT2D eigenvalue weighted by Crippen LogP contribution is 2.39. The van der Waals surface area contributed by atoms with Gasteiger partial charge in [0.05, 0.1) is 18.5 Å². The molecule has 1 aromatic heterocycles. The van der Waals surface area contributed by atoms with Crippen LogP contribution in [0.1, 0.15) is 33.3 Å². The van der Waals surface area contributed by atoms with E-state index in [-0.39, 0.29) is 29.7 Å². The molecule has 0 unspecified atom stereocenters. The van der Waals surface area contributed by atoms with Crippen molar-refractivity contribution in [3.63, 3.8) is 0 Å². The predicted octanol–water partition coefficient (Wildman–Crippen LogP) is 0.361. The van der Waals surface area contributed by atoms with Crippen molar-refractivity contribution in [3.8, 4) is 0 Å². The number of aliphatic hydroxyl groups excluding tert-OH is 2. The zero-order chi connectivity index (χ0) is 21.1. The number of aromatic nitrogens is 2. The van der Waals surface area contributed by atoms with Crippen LogP contribution in [-0.4, -0.2) is 55.6 Å². The van der Waals surface area contributed by atoms with E-state index in [0.29, 0.717) is 5.56 Å². The number of imidazole rings is 1. The van der Waals surface area contributed by atoms with E-state index in [1.807, 2.05) is 0 Å². The topological polar surface area (TPSA) is 142 Å². The summed E-state index contributed by atoms with van der Waals surface area (Å²) in [5, 5.41) is 24.3. The summed E-state index contributed by atoms with van der Waals surface area (Å²) in [6, 6.07) is 7.43. The lowest BCUT2D eigenvalue weighted by Gasteiger charge is -2.20. The molecule has 0 radical (unpaired) electrons. The van der Waals surface area contributed by atoms with Gasteiger partial charge in [0.15, 0.2) is 10.8 Å². The smallest absolute Gasteiger partial charge is 0.271 e. The maximum Gasteiger partial charge on any atom is 0.271 e. The Morgan fingerprint density at radius 1 is 1.34 bits per heavy atom. The van der Waals surface area contributed by atoms with Gasteiger partial charge in [-0.05, 0) is 30.8 Å². The van der Waals surface area contributed by atoms with E-state index >= 15 is 0 Å². The first-order chi connectivity index (χ1) is 13.8. The van der Waals surface area contributed by atoms with Gasteiger partial charge in [0.1, 0.15) is 12.0 Å². The standard InChI is InChI=1S/C18H20FN5O4S/c19-12-11(6-10(7-25)14(12)26)24-8-21-13(15(20)27)16(24)22-18(29)23-17(28)9-4-2-1-3-5-9/h1-5,8,10-12,14,25-26H,6-7H2,(H2,20,27)(H2,22,23,28,29)/t10-,11-,12-,14-/m1/s1. The van der Waals surface area contributed by atoms with Gasteiger partial charge in [-0.2, -0.15) is 0 Å². The number of hydrogen-bond donors (Lipinski definition) is 5. The summed E-state index contributed by atoms with van der Waals surface area (Å²) < 4.78 is 15.9. The Bertz CT molecular complexity index is 922. The summed E-state index contributed by atoms with van der Waals surface area (Å²) >= 11 is 5.14. The zero-order valence-electron chi connectivity index (χ0n) is 15.2. The molecule has 2 aromatic rings. The molecule has 0 bridgehead atoms. The number of amides is 2. The van der Waals surface area contributed by atoms with Crippen LogP contribution in [0.5, 0.6) is 0 Å². The van der Waals surface area contributed by atoms with Gasteiger partial charge < -0.3 is 25.8 Å². The molecule has 2 amide bonds. The first kappa shape index (κ1) is 20.8. The van der Waals surface area contributed by atoms with Crippen molar-refractivity contribution in [2.24, 2.45) is 11.7 Å². The molecule has 1 fully saturated rings. The Morgan fingerprint density at radius 2 is 2.03 bits per heavy atom. The second-order valence-electron chi connectivity index (χ2n) is 6.67. The molecule has 0 spiro atoms. The molecule has 29 heavy (non-hydrogen) atoms. The van der Waals surface area contributed by atoms with Crippen LogP contribution < -0.4 is 16.4 Å². The molecule has 0 aliphatic heterocycles. The molecule has 6 N–H and O–H groups in total. The van der Waals surface area contributed by atoms with E-state index in [1.165, 1.54) is 10.9 Å². The summed E-state index contributed by atoms with van der Waals surface area (Å²) in [6.45, 7) is -0.385. The van der Waals surface area contributed by atoms with E-state index in [2.05, 4.69) is 15.6 Å². The molecular formula is C18H20FN5O4S. The normalized spacial score (nSPS) is 23.6. The Balaban J connectivity index is 1.83. The second kappa shape index (κ2) is 8.64. The number of nitrogens with two attached hydrogens (primary N) is 1. The third-order valence-corrected chi connectivity index (χ3v) is 5.04. The van der Waals surface area contributed by atoms with Crippen LogP contribution in [0.25, 0.3) is 0 Å². The Kier molecular flexibility index (Phi) is 6.20. The molecule has 154 valence electrons. The van der Waals surface area contributed by atoms with Gasteiger partial charge in [0, 0.05) is 18.1 Å². The number of nitrogens with one attached hydrogen (secondary N) is 2. The number of carbonyl (C=O) groups excluding carboxylic acids is 2. The molecule has 11 heteroatoms. The molecule has 9 nitrogen and oxygen atoms in total. The van der Waals surface area contributed by atoms with Gasteiger partial charge in [-0.1, -0.05) is 18.2 Å². The van der Waals surface area contributed by atoms with Gasteiger partial charge in [-0.3, -0.25) is 14.9 Å². The fraction of sp³-hybridized carbons (Fsp3) is 0.333. The van der Waals surface area contributed by atoms with E-state index in [0.717, 1.165) is 0 Å². The number of nitrogens with zero attached hydrogens (tertiary/aromatic N) is 2. The van der Waals surface area contributed by atoms with E-state index in [4.69, 9.17) is 18.0 Å². The van der Waals surface area contributed by atoms with Crippen molar-refractivity contribution < 1.29 is 24.2 Å². The lowest BCUT2D eigenvalue weighted by atomic mass is 10.1. The average Bonchev–Trinajstić information content (AvgIpc) is 3.23. The zero-order valence-corrected chi connectivity index (χ0v) is 16.0. The van der Waals surface area contributed by atoms with Gasteiger partial charge in [-0.15, -0.1) is 0 Å². The molecule has 1 aromatic carbocycles. The number of thiocarbonyl (C=S) groups is 1. The Labute approximate surface area is 170 Å². The highest BCUT2D eigenvalue weighted by Gasteiger charge is 2.44. The number of alkyl halides is 1. The van der Waals surface area contributed by atoms with E-state index in [9.17, 15) is 24.2 Å². The molecular weight excluding hydrogens is 401 g/mol. The third kappa shape index (κ3) is 4.26. The Hall–Kier alpha value is -2.89. The second-order valence-corrected chi connectivity index (χ2v) is 7.08. The number of anilines is 1. The van der Waals surface area contributed by atoms with Crippen LogP contribution in [0.2, 0.25) is 0 Å². The maximum absolute atomic E-state index is 14.6. The fourth-order valence-corrected chi connectivity index (χ4v) is 3.53. The van der Waals surface area contributed by atoms with E-state index in [1.54, 1.807) is 30.3 Å². The lowest BCUT2D eigenvalue weighted by Crippen LogP contribution is -2.36. The minimum atomic E-state index is -1.70. The van der Waals surface area contributed by atoms with Crippen LogP contribution in [-0.2, 0) is 0 Å². The maximum atomic E-state index is 14.6. The third-order valence-electron chi connectivity index (χ3n) is 4.83. The van der Waals surface area contributed by atoms with Gasteiger partial charge in [0.25, 0.3) is 11.8 Å². The van der Waals surface area contributed by atoms with Crippen molar-refractivity contribution in [2.45, 2.75) is 24.7 Å². The number of primary amides is 1. The predicted molar refractivity (Wildman–Crippen MR) is 106 cm³/mol. The highest BCUT2D eigenvalue weighted by atomic mass is 32.1. The SMILES string of the molecule is NC(=O)c1ncn([C@@H]2C[C@H](CO)[C@@H](O)[C@@H]2F)c1NC(=S)NC(=O)c1ccccc1. The number of hydrogen-bond acceptors (Lipinski definition) is 6. The van der Waals surface area contributed by atoms with Crippen molar-refractivity contribution in [3.05, 3.63) is 47.9 Å². The summed E-state index contributed by atoms with van der Waals surface area (Å²) in [5.74, 6) is -2.02. The number of carbonyl (C=O) groups is 2. The summed E-state index contributed by atoms with van der Waals surface area (Å²) in [5.41, 5.74) is 5.51. The molecule has 1 aliphatic rings. The van der Waals surface area contributed by atoms with Crippen molar-refractivity contribution in [1.82, 2.24) is 14.9 Å². The van der Waals surface area contributed by atoms with E-state index < -0.39 is 36.0 Å². The molecule has 0 saturated heterocycles.